The number of hydrogen-bond acceptors (Lipinski definition) is 4. The molecular weight excluding hydrogens is 218 g/mol. The van der Waals surface area contributed by atoms with Gasteiger partial charge in [-0.3, -0.25) is 4.79 Å². The Balaban J connectivity index is 2.00. The van der Waals surface area contributed by atoms with E-state index in [4.69, 9.17) is 4.74 Å². The average molecular weight is 243 g/mol. The van der Waals surface area contributed by atoms with Gasteiger partial charge in [0.05, 0.1) is 19.3 Å². The lowest BCUT2D eigenvalue weighted by atomic mass is 9.87. The standard InChI is InChI=1S/C13H25NO3/c1-2-3-7-17-13(16)10-14-9-11-5-4-6-12(15)8-11/h11-12,14-15H,2-10H2,1H3. The maximum Gasteiger partial charge on any atom is 0.319 e. The molecule has 0 spiro atoms. The molecule has 1 rings (SSSR count). The highest BCUT2D eigenvalue weighted by atomic mass is 16.5. The van der Waals surface area contributed by atoms with Gasteiger partial charge in [0.25, 0.3) is 0 Å². The predicted molar refractivity (Wildman–Crippen MR) is 66.7 cm³/mol. The second kappa shape index (κ2) is 8.48. The zero-order valence-corrected chi connectivity index (χ0v) is 10.8. The minimum atomic E-state index is -0.171. The van der Waals surface area contributed by atoms with Crippen molar-refractivity contribution in [2.75, 3.05) is 19.7 Å². The van der Waals surface area contributed by atoms with Gasteiger partial charge in [-0.15, -0.1) is 0 Å². The third-order valence-electron chi connectivity index (χ3n) is 3.22. The molecule has 1 aliphatic carbocycles. The maximum atomic E-state index is 11.3. The van der Waals surface area contributed by atoms with Gasteiger partial charge in [0.1, 0.15) is 0 Å². The molecule has 0 aromatic heterocycles. The van der Waals surface area contributed by atoms with Crippen LogP contribution in [-0.4, -0.2) is 36.9 Å². The van der Waals surface area contributed by atoms with Crippen LogP contribution in [0.25, 0.3) is 0 Å². The summed E-state index contributed by atoms with van der Waals surface area (Å²) in [6, 6.07) is 0. The summed E-state index contributed by atoms with van der Waals surface area (Å²) in [5, 5.41) is 12.6. The smallest absolute Gasteiger partial charge is 0.319 e. The van der Waals surface area contributed by atoms with Crippen molar-refractivity contribution in [1.29, 1.82) is 0 Å². The average Bonchev–Trinajstić information content (AvgIpc) is 2.29. The molecule has 0 aliphatic heterocycles. The molecule has 2 N–H and O–H groups in total. The lowest BCUT2D eigenvalue weighted by molar-refractivity contribution is -0.142. The van der Waals surface area contributed by atoms with E-state index in [9.17, 15) is 9.90 Å². The Morgan fingerprint density at radius 1 is 1.47 bits per heavy atom. The third-order valence-corrected chi connectivity index (χ3v) is 3.22. The fourth-order valence-electron chi connectivity index (χ4n) is 2.21. The van der Waals surface area contributed by atoms with Crippen LogP contribution in [0.15, 0.2) is 0 Å². The van der Waals surface area contributed by atoms with E-state index in [0.717, 1.165) is 45.1 Å². The first-order chi connectivity index (χ1) is 8.22. The molecule has 0 aromatic rings. The summed E-state index contributed by atoms with van der Waals surface area (Å²) in [5.74, 6) is 0.331. The Morgan fingerprint density at radius 2 is 2.29 bits per heavy atom. The number of unbranched alkanes of at least 4 members (excludes halogenated alkanes) is 1. The van der Waals surface area contributed by atoms with Crippen LogP contribution in [-0.2, 0) is 9.53 Å². The van der Waals surface area contributed by atoms with E-state index in [1.807, 2.05) is 0 Å². The van der Waals surface area contributed by atoms with E-state index in [-0.39, 0.29) is 18.6 Å². The Bertz CT molecular complexity index is 221. The summed E-state index contributed by atoms with van der Waals surface area (Å²) in [5.41, 5.74) is 0. The number of hydrogen-bond donors (Lipinski definition) is 2. The number of esters is 1. The topological polar surface area (TPSA) is 58.6 Å². The van der Waals surface area contributed by atoms with Crippen molar-refractivity contribution >= 4 is 5.97 Å². The van der Waals surface area contributed by atoms with Crippen LogP contribution >= 0.6 is 0 Å². The van der Waals surface area contributed by atoms with Crippen molar-refractivity contribution in [2.24, 2.45) is 5.92 Å². The van der Waals surface area contributed by atoms with Crippen LogP contribution in [0.1, 0.15) is 45.4 Å². The number of aliphatic hydroxyl groups is 1. The largest absolute Gasteiger partial charge is 0.465 e. The second-order valence-corrected chi connectivity index (χ2v) is 4.89. The van der Waals surface area contributed by atoms with Gasteiger partial charge >= 0.3 is 5.97 Å². The first-order valence-electron chi connectivity index (χ1n) is 6.76. The minimum Gasteiger partial charge on any atom is -0.465 e. The highest BCUT2D eigenvalue weighted by Gasteiger charge is 2.19. The fourth-order valence-corrected chi connectivity index (χ4v) is 2.21. The van der Waals surface area contributed by atoms with Crippen LogP contribution in [0.5, 0.6) is 0 Å². The molecule has 17 heavy (non-hydrogen) atoms. The lowest BCUT2D eigenvalue weighted by Crippen LogP contribution is -2.32. The third kappa shape index (κ3) is 6.64. The minimum absolute atomic E-state index is 0.146. The monoisotopic (exact) mass is 243 g/mol. The Labute approximate surface area is 104 Å². The second-order valence-electron chi connectivity index (χ2n) is 4.89. The van der Waals surface area contributed by atoms with Crippen molar-refractivity contribution in [1.82, 2.24) is 5.32 Å². The Morgan fingerprint density at radius 3 is 3.00 bits per heavy atom. The molecule has 0 radical (unpaired) electrons. The molecule has 0 aromatic carbocycles. The highest BCUT2D eigenvalue weighted by Crippen LogP contribution is 2.23. The van der Waals surface area contributed by atoms with E-state index in [1.54, 1.807) is 0 Å². The first-order valence-corrected chi connectivity index (χ1v) is 6.76. The Hall–Kier alpha value is -0.610. The summed E-state index contributed by atoms with van der Waals surface area (Å²) in [7, 11) is 0. The van der Waals surface area contributed by atoms with Crippen LogP contribution in [0.3, 0.4) is 0 Å². The van der Waals surface area contributed by atoms with Crippen molar-refractivity contribution in [3.8, 4) is 0 Å². The molecule has 0 saturated heterocycles. The van der Waals surface area contributed by atoms with Crippen LogP contribution in [0, 0.1) is 5.92 Å². The molecule has 2 atom stereocenters. The number of nitrogens with one attached hydrogen (secondary N) is 1. The lowest BCUT2D eigenvalue weighted by Gasteiger charge is -2.25. The molecule has 4 heteroatoms. The maximum absolute atomic E-state index is 11.3. The molecule has 1 saturated carbocycles. The van der Waals surface area contributed by atoms with Gasteiger partial charge in [-0.2, -0.15) is 0 Å². The zero-order chi connectivity index (χ0) is 12.5. The molecule has 4 nitrogen and oxygen atoms in total. The van der Waals surface area contributed by atoms with Gasteiger partial charge in [0.15, 0.2) is 0 Å². The fraction of sp³-hybridized carbons (Fsp3) is 0.923. The van der Waals surface area contributed by atoms with E-state index in [1.165, 1.54) is 0 Å². The van der Waals surface area contributed by atoms with Crippen LogP contribution in [0.2, 0.25) is 0 Å². The first kappa shape index (κ1) is 14.5. The number of carbonyl (C=O) groups is 1. The molecule has 1 fully saturated rings. The summed E-state index contributed by atoms with van der Waals surface area (Å²) in [4.78, 5) is 11.3. The normalized spacial score (nSPS) is 24.6. The molecule has 1 aliphatic rings. The summed E-state index contributed by atoms with van der Waals surface area (Å²) in [6.45, 7) is 3.69. The van der Waals surface area contributed by atoms with E-state index >= 15 is 0 Å². The van der Waals surface area contributed by atoms with Crippen molar-refractivity contribution in [3.05, 3.63) is 0 Å². The van der Waals surface area contributed by atoms with E-state index in [2.05, 4.69) is 12.2 Å². The summed E-state index contributed by atoms with van der Waals surface area (Å²) >= 11 is 0. The van der Waals surface area contributed by atoms with Gasteiger partial charge in [0, 0.05) is 0 Å². The Kier molecular flexibility index (Phi) is 7.21. The van der Waals surface area contributed by atoms with Crippen molar-refractivity contribution in [3.63, 3.8) is 0 Å². The molecular formula is C13H25NO3. The number of ether oxygens (including phenoxy) is 1. The van der Waals surface area contributed by atoms with Gasteiger partial charge in [-0.1, -0.05) is 19.8 Å². The van der Waals surface area contributed by atoms with Gasteiger partial charge < -0.3 is 15.2 Å². The molecule has 0 bridgehead atoms. The van der Waals surface area contributed by atoms with E-state index in [0.29, 0.717) is 12.5 Å². The number of carbonyl (C=O) groups excluding carboxylic acids is 1. The molecule has 0 amide bonds. The zero-order valence-electron chi connectivity index (χ0n) is 10.8. The highest BCUT2D eigenvalue weighted by molar-refractivity contribution is 5.71. The SMILES string of the molecule is CCCCOC(=O)CNCC1CCCC(O)C1. The summed E-state index contributed by atoms with van der Waals surface area (Å²) < 4.78 is 5.04. The van der Waals surface area contributed by atoms with Gasteiger partial charge in [-0.05, 0) is 38.1 Å². The van der Waals surface area contributed by atoms with Crippen LogP contribution in [0.4, 0.5) is 0 Å². The quantitative estimate of drug-likeness (QED) is 0.525. The predicted octanol–water partition coefficient (Wildman–Crippen LogP) is 1.47. The number of rotatable bonds is 7. The molecule has 100 valence electrons. The molecule has 0 heterocycles. The number of aliphatic hydroxyl groups excluding tert-OH is 1. The van der Waals surface area contributed by atoms with Crippen molar-refractivity contribution in [2.45, 2.75) is 51.6 Å². The van der Waals surface area contributed by atoms with Crippen molar-refractivity contribution < 1.29 is 14.6 Å². The van der Waals surface area contributed by atoms with Gasteiger partial charge in [0.2, 0.25) is 0 Å². The van der Waals surface area contributed by atoms with E-state index < -0.39 is 0 Å². The van der Waals surface area contributed by atoms with Gasteiger partial charge in [-0.25, -0.2) is 0 Å². The summed E-state index contributed by atoms with van der Waals surface area (Å²) in [6.07, 6.45) is 5.85. The van der Waals surface area contributed by atoms with Crippen LogP contribution < -0.4 is 5.32 Å². The molecule has 2 unspecified atom stereocenters.